The van der Waals surface area contributed by atoms with Crippen molar-refractivity contribution < 1.29 is 9.53 Å². The number of benzene rings is 3. The second-order valence-electron chi connectivity index (χ2n) is 7.08. The number of thioether (sulfide) groups is 1. The molecule has 0 spiro atoms. The van der Waals surface area contributed by atoms with E-state index in [2.05, 4.69) is 10.2 Å². The number of aromatic nitrogens is 3. The van der Waals surface area contributed by atoms with Crippen LogP contribution >= 0.6 is 11.8 Å². The lowest BCUT2D eigenvalue weighted by atomic mass is 10.0. The summed E-state index contributed by atoms with van der Waals surface area (Å²) < 4.78 is 7.86. The Kier molecular flexibility index (Phi) is 5.41. The maximum absolute atomic E-state index is 13.5. The fourth-order valence-electron chi connectivity index (χ4n) is 3.70. The standard InChI is InChI=1S/C24H20N4O2S/c29-23(16-31-24-26-25-17-27(24)19-11-5-2-6-12-19)28-20-13-7-8-14-22(20)30-15-21(28)18-9-3-1-4-10-18/h1-14,17,21H,15-16H2/t21-/m0/s1. The van der Waals surface area contributed by atoms with Crippen LogP contribution in [0.1, 0.15) is 11.6 Å². The molecular weight excluding hydrogens is 408 g/mol. The first kappa shape index (κ1) is 19.4. The largest absolute Gasteiger partial charge is 0.489 e. The highest BCUT2D eigenvalue weighted by Crippen LogP contribution is 2.39. The van der Waals surface area contributed by atoms with Crippen molar-refractivity contribution in [2.75, 3.05) is 17.3 Å². The SMILES string of the molecule is O=C(CSc1nncn1-c1ccccc1)N1c2ccccc2OC[C@H]1c1ccccc1. The number of hydrogen-bond donors (Lipinski definition) is 0. The van der Waals surface area contributed by atoms with Crippen LogP contribution < -0.4 is 9.64 Å². The van der Waals surface area contributed by atoms with Gasteiger partial charge in [-0.05, 0) is 29.8 Å². The molecule has 0 fully saturated rings. The molecule has 2 heterocycles. The number of carbonyl (C=O) groups is 1. The number of hydrogen-bond acceptors (Lipinski definition) is 5. The van der Waals surface area contributed by atoms with Gasteiger partial charge in [0.05, 0.1) is 17.5 Å². The molecule has 0 saturated heterocycles. The maximum Gasteiger partial charge on any atom is 0.238 e. The van der Waals surface area contributed by atoms with Gasteiger partial charge in [0.25, 0.3) is 0 Å². The number of anilines is 1. The molecule has 0 unspecified atom stereocenters. The third-order valence-corrected chi connectivity index (χ3v) is 6.09. The molecule has 0 N–H and O–H groups in total. The van der Waals surface area contributed by atoms with Crippen LogP contribution in [0.5, 0.6) is 5.75 Å². The number of ether oxygens (including phenoxy) is 1. The van der Waals surface area contributed by atoms with Crippen LogP contribution in [0, 0.1) is 0 Å². The van der Waals surface area contributed by atoms with E-state index in [9.17, 15) is 4.79 Å². The fraction of sp³-hybridized carbons (Fsp3) is 0.125. The van der Waals surface area contributed by atoms with Crippen molar-refractivity contribution in [3.05, 3.63) is 96.8 Å². The van der Waals surface area contributed by atoms with Crippen LogP contribution in [-0.2, 0) is 4.79 Å². The highest BCUT2D eigenvalue weighted by atomic mass is 32.2. The molecule has 1 aliphatic heterocycles. The number of amides is 1. The zero-order valence-electron chi connectivity index (χ0n) is 16.7. The number of carbonyl (C=O) groups excluding carboxylic acids is 1. The number of nitrogens with zero attached hydrogens (tertiary/aromatic N) is 4. The predicted molar refractivity (Wildman–Crippen MR) is 121 cm³/mol. The Bertz CT molecular complexity index is 1180. The van der Waals surface area contributed by atoms with Crippen molar-refractivity contribution in [1.29, 1.82) is 0 Å². The van der Waals surface area contributed by atoms with E-state index >= 15 is 0 Å². The molecule has 1 amide bonds. The molecule has 1 aromatic heterocycles. The lowest BCUT2D eigenvalue weighted by Gasteiger charge is -2.37. The summed E-state index contributed by atoms with van der Waals surface area (Å²) in [4.78, 5) is 15.3. The summed E-state index contributed by atoms with van der Waals surface area (Å²) in [6, 6.07) is 27.3. The van der Waals surface area contributed by atoms with E-state index in [1.807, 2.05) is 94.4 Å². The van der Waals surface area contributed by atoms with E-state index in [1.165, 1.54) is 11.8 Å². The summed E-state index contributed by atoms with van der Waals surface area (Å²) in [6.07, 6.45) is 1.67. The minimum Gasteiger partial charge on any atom is -0.489 e. The van der Waals surface area contributed by atoms with Crippen LogP contribution in [0.15, 0.2) is 96.4 Å². The highest BCUT2D eigenvalue weighted by molar-refractivity contribution is 7.99. The van der Waals surface area contributed by atoms with Crippen molar-refractivity contribution in [2.24, 2.45) is 0 Å². The number of rotatable bonds is 5. The van der Waals surface area contributed by atoms with Crippen molar-refractivity contribution in [3.63, 3.8) is 0 Å². The Hall–Kier alpha value is -3.58. The van der Waals surface area contributed by atoms with E-state index < -0.39 is 0 Å². The van der Waals surface area contributed by atoms with Crippen LogP contribution in [0.4, 0.5) is 5.69 Å². The molecule has 0 radical (unpaired) electrons. The quantitative estimate of drug-likeness (QED) is 0.437. The zero-order chi connectivity index (χ0) is 21.0. The summed E-state index contributed by atoms with van der Waals surface area (Å²) in [5, 5.41) is 8.92. The third kappa shape index (κ3) is 3.92. The van der Waals surface area contributed by atoms with Gasteiger partial charge in [-0.2, -0.15) is 0 Å². The van der Waals surface area contributed by atoms with Gasteiger partial charge in [0.1, 0.15) is 18.7 Å². The average Bonchev–Trinajstić information content (AvgIpc) is 3.31. The van der Waals surface area contributed by atoms with E-state index in [4.69, 9.17) is 4.74 Å². The summed E-state index contributed by atoms with van der Waals surface area (Å²) in [5.74, 6) is 0.959. The zero-order valence-corrected chi connectivity index (χ0v) is 17.5. The summed E-state index contributed by atoms with van der Waals surface area (Å²) in [6.45, 7) is 0.414. The molecule has 6 nitrogen and oxygen atoms in total. The normalized spacial score (nSPS) is 15.2. The van der Waals surface area contributed by atoms with Crippen LogP contribution in [0.3, 0.4) is 0 Å². The Morgan fingerprint density at radius 1 is 0.968 bits per heavy atom. The molecule has 0 bridgehead atoms. The van der Waals surface area contributed by atoms with Gasteiger partial charge in [-0.3, -0.25) is 14.3 Å². The minimum absolute atomic E-state index is 0.00258. The smallest absolute Gasteiger partial charge is 0.238 e. The van der Waals surface area contributed by atoms with Crippen molar-refractivity contribution in [3.8, 4) is 11.4 Å². The number of fused-ring (bicyclic) bond motifs is 1. The Morgan fingerprint density at radius 3 is 2.48 bits per heavy atom. The van der Waals surface area contributed by atoms with Crippen molar-refractivity contribution >= 4 is 23.4 Å². The van der Waals surface area contributed by atoms with Gasteiger partial charge in [0.2, 0.25) is 5.91 Å². The van der Waals surface area contributed by atoms with Gasteiger partial charge >= 0.3 is 0 Å². The molecule has 4 aromatic rings. The minimum atomic E-state index is -0.184. The van der Waals surface area contributed by atoms with Gasteiger partial charge in [-0.15, -0.1) is 10.2 Å². The number of para-hydroxylation sites is 3. The molecular formula is C24H20N4O2S. The monoisotopic (exact) mass is 428 g/mol. The molecule has 3 aromatic carbocycles. The predicted octanol–water partition coefficient (Wildman–Crippen LogP) is 4.53. The summed E-state index contributed by atoms with van der Waals surface area (Å²) in [7, 11) is 0. The van der Waals surface area contributed by atoms with Gasteiger partial charge in [0, 0.05) is 5.69 Å². The fourth-order valence-corrected chi connectivity index (χ4v) is 4.49. The van der Waals surface area contributed by atoms with Crippen LogP contribution in [-0.4, -0.2) is 33.0 Å². The van der Waals surface area contributed by atoms with E-state index in [1.54, 1.807) is 6.33 Å². The summed E-state index contributed by atoms with van der Waals surface area (Å²) >= 11 is 1.38. The molecule has 0 aliphatic carbocycles. The maximum atomic E-state index is 13.5. The molecule has 154 valence electrons. The van der Waals surface area contributed by atoms with Gasteiger partial charge in [-0.25, -0.2) is 0 Å². The second-order valence-corrected chi connectivity index (χ2v) is 8.02. The van der Waals surface area contributed by atoms with Crippen LogP contribution in [0.2, 0.25) is 0 Å². The van der Waals surface area contributed by atoms with Crippen molar-refractivity contribution in [2.45, 2.75) is 11.2 Å². The molecule has 1 aliphatic rings. The highest BCUT2D eigenvalue weighted by Gasteiger charge is 2.33. The van der Waals surface area contributed by atoms with Gasteiger partial charge < -0.3 is 4.74 Å². The molecule has 1 atom stereocenters. The Labute approximate surface area is 184 Å². The molecule has 0 saturated carbocycles. The second kappa shape index (κ2) is 8.65. The van der Waals surface area contributed by atoms with E-state index in [-0.39, 0.29) is 17.7 Å². The lowest BCUT2D eigenvalue weighted by Crippen LogP contribution is -2.42. The average molecular weight is 429 g/mol. The first-order chi connectivity index (χ1) is 15.3. The van der Waals surface area contributed by atoms with E-state index in [0.29, 0.717) is 11.8 Å². The molecule has 5 rings (SSSR count). The third-order valence-electron chi connectivity index (χ3n) is 5.16. The van der Waals surface area contributed by atoms with Gasteiger partial charge in [-0.1, -0.05) is 72.4 Å². The topological polar surface area (TPSA) is 60.2 Å². The molecule has 31 heavy (non-hydrogen) atoms. The van der Waals surface area contributed by atoms with Crippen LogP contribution in [0.25, 0.3) is 5.69 Å². The van der Waals surface area contributed by atoms with Gasteiger partial charge in [0.15, 0.2) is 5.16 Å². The first-order valence-electron chi connectivity index (χ1n) is 9.98. The van der Waals surface area contributed by atoms with Crippen molar-refractivity contribution in [1.82, 2.24) is 14.8 Å². The summed E-state index contributed by atoms with van der Waals surface area (Å²) in [5.41, 5.74) is 2.79. The Morgan fingerprint density at radius 2 is 1.68 bits per heavy atom. The first-order valence-corrected chi connectivity index (χ1v) is 11.0. The Balaban J connectivity index is 1.41. The molecule has 7 heteroatoms. The lowest BCUT2D eigenvalue weighted by molar-refractivity contribution is -0.117. The van der Waals surface area contributed by atoms with E-state index in [0.717, 1.165) is 22.7 Å².